The first-order chi connectivity index (χ1) is 63.6. The number of ether oxygens (including phenoxy) is 2. The molecule has 2 N–H and O–H groups in total. The Hall–Kier alpha value is -13.2. The van der Waals surface area contributed by atoms with Crippen molar-refractivity contribution in [3.8, 4) is 45.0 Å². The van der Waals surface area contributed by atoms with Crippen LogP contribution in [0.3, 0.4) is 0 Å². The van der Waals surface area contributed by atoms with Crippen LogP contribution in [0.1, 0.15) is 64.3 Å². The summed E-state index contributed by atoms with van der Waals surface area (Å²) in [4.78, 5) is 106. The Morgan fingerprint density at radius 2 is 0.636 bits per heavy atom. The lowest BCUT2D eigenvalue weighted by Gasteiger charge is -2.43. The first-order valence-corrected chi connectivity index (χ1v) is 44.6. The Morgan fingerprint density at radius 1 is 0.348 bits per heavy atom. The molecule has 688 valence electrons. The van der Waals surface area contributed by atoms with Gasteiger partial charge in [0.15, 0.2) is 45.9 Å². The number of methoxy groups -OCH3 is 1. The van der Waals surface area contributed by atoms with E-state index in [-0.39, 0.29) is 58.0 Å². The van der Waals surface area contributed by atoms with E-state index in [9.17, 15) is 41.8 Å². The number of nitrogens with zero attached hydrogens (tertiary/aromatic N) is 24. The van der Waals surface area contributed by atoms with Gasteiger partial charge in [-0.05, 0) is 142 Å². The highest BCUT2D eigenvalue weighted by Crippen LogP contribution is 2.31. The van der Waals surface area contributed by atoms with Gasteiger partial charge >= 0.3 is 0 Å². The number of pyridine rings is 8. The number of aliphatic hydroxyl groups excluding tert-OH is 2. The fourth-order valence-electron chi connectivity index (χ4n) is 18.3. The summed E-state index contributed by atoms with van der Waals surface area (Å²) in [6, 6.07) is 28.5. The first kappa shape index (κ1) is 90.7. The van der Waals surface area contributed by atoms with Crippen molar-refractivity contribution < 1.29 is 37.2 Å². The number of fused-ring (bicyclic) bond motifs is 8. The molecule has 20 rings (SSSR count). The second-order valence-corrected chi connectivity index (χ2v) is 34.8. The predicted octanol–water partition coefficient (Wildman–Crippen LogP) is 9.92. The molecule has 4 aliphatic heterocycles. The maximum Gasteiger partial charge on any atom is 0.258 e. The summed E-state index contributed by atoms with van der Waals surface area (Å²) in [5, 5.41) is 18.1. The second-order valence-electron chi connectivity index (χ2n) is 34.8. The lowest BCUT2D eigenvalue weighted by atomic mass is 10.1. The number of anilines is 4. The molecule has 0 aliphatic carbocycles. The van der Waals surface area contributed by atoms with E-state index in [0.717, 1.165) is 132 Å². The largest absolute Gasteiger partial charge is 0.395 e. The molecule has 0 bridgehead atoms. The molecule has 4 atom stereocenters. The molecule has 0 spiro atoms. The maximum atomic E-state index is 14.6. The van der Waals surface area contributed by atoms with E-state index in [1.54, 1.807) is 96.9 Å². The third-order valence-corrected chi connectivity index (χ3v) is 25.1. The van der Waals surface area contributed by atoms with Crippen LogP contribution in [0.25, 0.3) is 90.2 Å². The van der Waals surface area contributed by atoms with Gasteiger partial charge in [-0.25, -0.2) is 57.4 Å². The zero-order valence-corrected chi connectivity index (χ0v) is 75.8. The number of aliphatic hydroxyl groups is 2. The van der Waals surface area contributed by atoms with Gasteiger partial charge in [-0.15, -0.1) is 0 Å². The van der Waals surface area contributed by atoms with Crippen molar-refractivity contribution in [3.63, 3.8) is 0 Å². The van der Waals surface area contributed by atoms with Gasteiger partial charge in [0.05, 0.1) is 101 Å². The van der Waals surface area contributed by atoms with Crippen LogP contribution in [0.5, 0.6) is 0 Å². The number of aryl methyl sites for hydroxylation is 4. The normalized spacial score (nSPS) is 17.4. The van der Waals surface area contributed by atoms with Crippen molar-refractivity contribution in [2.24, 2.45) is 0 Å². The molecular weight excluding hydrogens is 1690 g/mol. The van der Waals surface area contributed by atoms with Crippen molar-refractivity contribution in [2.45, 2.75) is 99.4 Å². The zero-order valence-electron chi connectivity index (χ0n) is 75.8. The lowest BCUT2D eigenvalue weighted by molar-refractivity contribution is 0.0624. The standard InChI is InChI=1S/C25H29FN6O3.C24H27FN6O2.C24H27FN6O.C23H25FN6O2/c1-17-13-31-15-19(11-21(26)25(31)27-17)22-12-24(34)32-16-20(3-4-23(32)28-22)30-6-5-29(18(2)14-30)7-9-35-10-8-33;1-16-12-30-14-18(10-20(25)24(30)26-16)21-11-23(32)31-15-19(4-5-22(31)27-21)29-7-6-28(8-9-33-3)17(2)13-29;1-15(2)30-8-7-28(12-17(30)4)19-5-6-22-27-21(10-23(32)31(22)14-19)18-9-20(25)24-26-16(3)11-29(24)13-18;1-15-11-29-13-17(9-19(24)23(29)25-15)20-10-22(32)30-14-18(3-4-21(30)26-20)28-6-5-27(7-8-31)16(2)12-28/h3-4,11-13,15-16,18,33H,5-10,14H2,1-2H3;4-5,10-12,14-15,17H,6-9,13H2,1-3H3;5-6,9-11,13-15,17H,7-8,12H2,1-4H3;3-4,9-11,13-14,16,31H,5-8,12H2,1-2H3/t18-;2*17-;16-/m0000/s1. The number of piperazine rings is 4. The highest BCUT2D eigenvalue weighted by molar-refractivity contribution is 5.70. The van der Waals surface area contributed by atoms with E-state index in [2.05, 4.69) is 121 Å². The number of imidazole rings is 4. The minimum Gasteiger partial charge on any atom is -0.395 e. The van der Waals surface area contributed by atoms with E-state index in [0.29, 0.717) is 129 Å². The summed E-state index contributed by atoms with van der Waals surface area (Å²) in [6.45, 7) is 35.3. The van der Waals surface area contributed by atoms with Crippen LogP contribution < -0.4 is 41.8 Å². The third-order valence-electron chi connectivity index (χ3n) is 25.1. The van der Waals surface area contributed by atoms with Gasteiger partial charge < -0.3 is 56.9 Å². The lowest BCUT2D eigenvalue weighted by Crippen LogP contribution is -2.54. The van der Waals surface area contributed by atoms with E-state index in [1.165, 1.54) is 57.3 Å². The Bertz CT molecular complexity index is 7230. The number of hydrogen-bond acceptors (Lipinski definition) is 24. The van der Waals surface area contributed by atoms with Crippen molar-refractivity contribution in [1.29, 1.82) is 0 Å². The maximum absolute atomic E-state index is 14.6. The minimum atomic E-state index is -0.457. The Labute approximate surface area is 757 Å². The monoisotopic (exact) mass is 1800 g/mol. The third kappa shape index (κ3) is 19.4. The fourth-order valence-corrected chi connectivity index (χ4v) is 18.3. The van der Waals surface area contributed by atoms with Crippen molar-refractivity contribution in [3.05, 3.63) is 259 Å². The van der Waals surface area contributed by atoms with E-state index < -0.39 is 23.3 Å². The number of halogens is 4. The van der Waals surface area contributed by atoms with Crippen molar-refractivity contribution >= 4 is 67.9 Å². The molecule has 20 heterocycles. The van der Waals surface area contributed by atoms with E-state index in [1.807, 2.05) is 87.2 Å². The summed E-state index contributed by atoms with van der Waals surface area (Å²) in [5.41, 5.74) is 12.8. The van der Waals surface area contributed by atoms with Gasteiger partial charge in [-0.1, -0.05) is 0 Å². The molecule has 0 radical (unpaired) electrons. The molecule has 0 unspecified atom stereocenters. The average molecular weight is 1800 g/mol. The molecule has 36 heteroatoms. The van der Waals surface area contributed by atoms with Crippen LogP contribution in [0, 0.1) is 51.0 Å². The van der Waals surface area contributed by atoms with Crippen LogP contribution in [-0.2, 0) is 9.47 Å². The van der Waals surface area contributed by atoms with Crippen LogP contribution in [0.15, 0.2) is 191 Å². The van der Waals surface area contributed by atoms with Crippen molar-refractivity contribution in [2.75, 3.05) is 158 Å². The summed E-state index contributed by atoms with van der Waals surface area (Å²) in [5.74, 6) is -1.80. The molecule has 4 fully saturated rings. The zero-order chi connectivity index (χ0) is 92.6. The average Bonchev–Trinajstić information content (AvgIpc) is 1.41. The molecule has 16 aromatic rings. The Morgan fingerprint density at radius 3 is 0.909 bits per heavy atom. The van der Waals surface area contributed by atoms with Crippen LogP contribution >= 0.6 is 0 Å². The molecule has 0 aromatic carbocycles. The van der Waals surface area contributed by atoms with Crippen LogP contribution in [0.2, 0.25) is 0 Å². The smallest absolute Gasteiger partial charge is 0.258 e. The molecular formula is C96H108F4N24O8. The molecule has 132 heavy (non-hydrogen) atoms. The number of rotatable bonds is 19. The summed E-state index contributed by atoms with van der Waals surface area (Å²) in [6.07, 6.45) is 21.3. The number of β-amino-alcohol motifs (C(OH)–C–C–N with tert-alkyl or cyclic N) is 1. The van der Waals surface area contributed by atoms with E-state index in [4.69, 9.17) is 14.6 Å². The van der Waals surface area contributed by atoms with Gasteiger partial charge in [0.2, 0.25) is 0 Å². The van der Waals surface area contributed by atoms with Gasteiger partial charge in [0.1, 0.15) is 22.6 Å². The topological polar surface area (TPSA) is 292 Å². The molecule has 4 aliphatic rings. The van der Waals surface area contributed by atoms with Crippen molar-refractivity contribution in [1.82, 2.24) is 94.7 Å². The molecule has 4 saturated heterocycles. The Balaban J connectivity index is 0.000000123. The predicted molar refractivity (Wildman–Crippen MR) is 501 cm³/mol. The second kappa shape index (κ2) is 38.7. The fraction of sp³-hybridized carbons (Fsp3) is 0.375. The first-order valence-electron chi connectivity index (χ1n) is 44.6. The summed E-state index contributed by atoms with van der Waals surface area (Å²) < 4.78 is 81.4. The number of hydrogen-bond donors (Lipinski definition) is 2. The van der Waals surface area contributed by atoms with Crippen LogP contribution in [-0.4, -0.2) is 273 Å². The highest BCUT2D eigenvalue weighted by atomic mass is 19.1. The minimum absolute atomic E-state index is 0.0391. The van der Waals surface area contributed by atoms with Gasteiger partial charge in [-0.3, -0.25) is 56.4 Å². The summed E-state index contributed by atoms with van der Waals surface area (Å²) >= 11 is 0. The summed E-state index contributed by atoms with van der Waals surface area (Å²) in [7, 11) is 1.72. The molecule has 32 nitrogen and oxygen atoms in total. The van der Waals surface area contributed by atoms with Gasteiger partial charge in [0, 0.05) is 256 Å². The van der Waals surface area contributed by atoms with Gasteiger partial charge in [0.25, 0.3) is 22.2 Å². The highest BCUT2D eigenvalue weighted by Gasteiger charge is 2.30. The van der Waals surface area contributed by atoms with E-state index >= 15 is 0 Å². The SMILES string of the molecule is COCCN1CCN(c2ccc3nc(-c4cc(F)c5nc(C)cn5c4)cc(=O)n3c2)C[C@@H]1C.Cc1cn2cc(-c3cc(=O)n4cc(N5CCN(C(C)C)[C@@H](C)C5)ccc4n3)cc(F)c2n1.Cc1cn2cc(-c3cc(=O)n4cc(N5CCN(CCO)[C@@H](C)C5)ccc4n3)cc(F)c2n1.Cc1cn2cc(-c3cc(=O)n4cc(N5CCN(CCOCCO)[C@@H](C)C5)ccc4n3)cc(F)c2n1. The Kier molecular flexibility index (Phi) is 26.6. The number of aromatic nitrogens is 16. The molecule has 16 aromatic heterocycles. The van der Waals surface area contributed by atoms with Gasteiger partial charge in [-0.2, -0.15) is 0 Å². The quantitative estimate of drug-likeness (QED) is 0.0562. The van der Waals surface area contributed by atoms with Crippen LogP contribution in [0.4, 0.5) is 40.3 Å². The molecule has 0 amide bonds. The molecule has 0 saturated carbocycles.